The Bertz CT molecular complexity index is 1690. The average Bonchev–Trinajstić information content (AvgIpc) is 3.52. The molecule has 0 aliphatic carbocycles. The summed E-state index contributed by atoms with van der Waals surface area (Å²) in [5.41, 5.74) is 3.63. The first kappa shape index (κ1) is 23.7. The number of carbonyl (C=O) groups excluding carboxylic acids is 2. The SMILES string of the molecule is CCOC(=O)c1ccc2nc(-c3ccc(-c4nc5ccc(C(=O)OCC)cc5[nH]4)c([N+](=O)[O-])c3)[nH]c2c1. The number of hydrogen-bond acceptors (Lipinski definition) is 8. The molecule has 2 N–H and O–H groups in total. The number of nitro groups is 1. The van der Waals surface area contributed by atoms with E-state index in [9.17, 15) is 19.7 Å². The molecule has 0 saturated heterocycles. The van der Waals surface area contributed by atoms with Gasteiger partial charge < -0.3 is 19.4 Å². The summed E-state index contributed by atoms with van der Waals surface area (Å²) >= 11 is 0. The lowest BCUT2D eigenvalue weighted by Crippen LogP contribution is -2.04. The van der Waals surface area contributed by atoms with Gasteiger partial charge in [-0.2, -0.15) is 0 Å². The second kappa shape index (κ2) is 9.53. The van der Waals surface area contributed by atoms with Gasteiger partial charge in [-0.25, -0.2) is 19.6 Å². The summed E-state index contributed by atoms with van der Waals surface area (Å²) in [5.74, 6) is -0.205. The Balaban J connectivity index is 1.52. The quantitative estimate of drug-likeness (QED) is 0.179. The van der Waals surface area contributed by atoms with E-state index >= 15 is 0 Å². The van der Waals surface area contributed by atoms with Gasteiger partial charge in [-0.15, -0.1) is 0 Å². The second-order valence-electron chi connectivity index (χ2n) is 8.06. The molecule has 37 heavy (non-hydrogen) atoms. The smallest absolute Gasteiger partial charge is 0.338 e. The molecule has 3 aromatic carbocycles. The Kier molecular flexibility index (Phi) is 6.10. The van der Waals surface area contributed by atoms with Crippen LogP contribution in [0.25, 0.3) is 44.8 Å². The molecule has 0 aliphatic rings. The van der Waals surface area contributed by atoms with Crippen LogP contribution in [0.2, 0.25) is 0 Å². The van der Waals surface area contributed by atoms with Gasteiger partial charge >= 0.3 is 11.9 Å². The first-order valence-electron chi connectivity index (χ1n) is 11.5. The van der Waals surface area contributed by atoms with Gasteiger partial charge in [0.1, 0.15) is 11.6 Å². The van der Waals surface area contributed by atoms with Gasteiger partial charge in [-0.3, -0.25) is 10.1 Å². The van der Waals surface area contributed by atoms with E-state index in [0.29, 0.717) is 44.6 Å². The first-order chi connectivity index (χ1) is 17.9. The second-order valence-corrected chi connectivity index (χ2v) is 8.06. The average molecular weight is 499 g/mol. The van der Waals surface area contributed by atoms with Crippen LogP contribution in [0, 0.1) is 10.1 Å². The topological polar surface area (TPSA) is 153 Å². The monoisotopic (exact) mass is 499 g/mol. The molecule has 0 saturated carbocycles. The molecule has 0 unspecified atom stereocenters. The number of benzene rings is 3. The van der Waals surface area contributed by atoms with Crippen LogP contribution in [0.3, 0.4) is 0 Å². The third-order valence-corrected chi connectivity index (χ3v) is 5.71. The van der Waals surface area contributed by atoms with Gasteiger partial charge in [-0.05, 0) is 56.3 Å². The van der Waals surface area contributed by atoms with E-state index in [-0.39, 0.29) is 30.3 Å². The number of aromatic amines is 2. The first-order valence-corrected chi connectivity index (χ1v) is 11.5. The van der Waals surface area contributed by atoms with Crippen molar-refractivity contribution in [3.63, 3.8) is 0 Å². The van der Waals surface area contributed by atoms with Crippen molar-refractivity contribution < 1.29 is 24.0 Å². The highest BCUT2D eigenvalue weighted by Crippen LogP contribution is 2.34. The molecule has 5 aromatic rings. The van der Waals surface area contributed by atoms with Gasteiger partial charge in [0, 0.05) is 11.6 Å². The predicted octanol–water partition coefficient (Wildman–Crippen LogP) is 5.03. The molecule has 2 heterocycles. The van der Waals surface area contributed by atoms with Gasteiger partial charge in [0.2, 0.25) is 0 Å². The molecule has 0 atom stereocenters. The molecule has 2 aromatic heterocycles. The Morgan fingerprint density at radius 3 is 1.89 bits per heavy atom. The third-order valence-electron chi connectivity index (χ3n) is 5.71. The molecule has 0 amide bonds. The molecule has 5 rings (SSSR count). The number of rotatable bonds is 7. The van der Waals surface area contributed by atoms with Gasteiger partial charge in [0.25, 0.3) is 5.69 Å². The Morgan fingerprint density at radius 2 is 1.35 bits per heavy atom. The Labute approximate surface area is 209 Å². The van der Waals surface area contributed by atoms with Crippen LogP contribution in [-0.2, 0) is 9.47 Å². The van der Waals surface area contributed by atoms with Crippen molar-refractivity contribution in [3.8, 4) is 22.8 Å². The molecule has 0 spiro atoms. The number of aromatic nitrogens is 4. The molecular weight excluding hydrogens is 478 g/mol. The van der Waals surface area contributed by atoms with E-state index in [1.807, 2.05) is 0 Å². The van der Waals surface area contributed by atoms with Crippen LogP contribution < -0.4 is 0 Å². The fourth-order valence-corrected chi connectivity index (χ4v) is 4.00. The molecule has 0 radical (unpaired) electrons. The number of H-pyrrole nitrogens is 2. The van der Waals surface area contributed by atoms with Crippen LogP contribution >= 0.6 is 0 Å². The minimum absolute atomic E-state index is 0.171. The largest absolute Gasteiger partial charge is 0.462 e. The maximum atomic E-state index is 12.0. The van der Waals surface area contributed by atoms with Gasteiger partial charge in [0.15, 0.2) is 0 Å². The third kappa shape index (κ3) is 4.49. The summed E-state index contributed by atoms with van der Waals surface area (Å²) < 4.78 is 10.1. The van der Waals surface area contributed by atoms with Crippen molar-refractivity contribution in [3.05, 3.63) is 75.8 Å². The normalized spacial score (nSPS) is 11.1. The minimum Gasteiger partial charge on any atom is -0.462 e. The molecule has 11 nitrogen and oxygen atoms in total. The molecule has 0 fully saturated rings. The zero-order chi connectivity index (χ0) is 26.1. The van der Waals surface area contributed by atoms with Gasteiger partial charge in [0.05, 0.1) is 56.9 Å². The summed E-state index contributed by atoms with van der Waals surface area (Å²) in [6, 6.07) is 14.5. The van der Waals surface area contributed by atoms with Crippen LogP contribution in [-0.4, -0.2) is 50.0 Å². The lowest BCUT2D eigenvalue weighted by Gasteiger charge is -2.03. The summed E-state index contributed by atoms with van der Waals surface area (Å²) in [6.45, 7) is 3.97. The number of ether oxygens (including phenoxy) is 2. The lowest BCUT2D eigenvalue weighted by atomic mass is 10.1. The Hall–Kier alpha value is -5.06. The standard InChI is InChI=1S/C26H21N5O6/c1-3-36-25(32)15-6-9-18-20(11-15)29-23(27-18)14-5-8-17(22(13-14)31(34)35)24-28-19-10-7-16(12-21(19)30-24)26(33)37-4-2/h5-13H,3-4H2,1-2H3,(H,27,29)(H,28,30). The number of carbonyl (C=O) groups is 2. The highest BCUT2D eigenvalue weighted by atomic mass is 16.6. The minimum atomic E-state index is -0.489. The number of nitrogens with one attached hydrogen (secondary N) is 2. The number of fused-ring (bicyclic) bond motifs is 2. The van der Waals surface area contributed by atoms with Crippen molar-refractivity contribution in [2.45, 2.75) is 13.8 Å². The van der Waals surface area contributed by atoms with Crippen LogP contribution in [0.15, 0.2) is 54.6 Å². The summed E-state index contributed by atoms with van der Waals surface area (Å²) in [4.78, 5) is 50.7. The van der Waals surface area contributed by atoms with Crippen molar-refractivity contribution in [1.82, 2.24) is 19.9 Å². The number of hydrogen-bond donors (Lipinski definition) is 2. The zero-order valence-corrected chi connectivity index (χ0v) is 19.9. The van der Waals surface area contributed by atoms with Crippen LogP contribution in [0.5, 0.6) is 0 Å². The van der Waals surface area contributed by atoms with Crippen molar-refractivity contribution in [1.29, 1.82) is 0 Å². The van der Waals surface area contributed by atoms with E-state index in [4.69, 9.17) is 9.47 Å². The van der Waals surface area contributed by atoms with E-state index in [0.717, 1.165) is 0 Å². The maximum Gasteiger partial charge on any atom is 0.338 e. The van der Waals surface area contributed by atoms with Crippen LogP contribution in [0.1, 0.15) is 34.6 Å². The lowest BCUT2D eigenvalue weighted by molar-refractivity contribution is -0.384. The maximum absolute atomic E-state index is 12.0. The highest BCUT2D eigenvalue weighted by molar-refractivity contribution is 5.95. The number of imidazole rings is 2. The van der Waals surface area contributed by atoms with Crippen molar-refractivity contribution >= 4 is 39.7 Å². The Morgan fingerprint density at radius 1 is 0.811 bits per heavy atom. The molecule has 0 aliphatic heterocycles. The van der Waals surface area contributed by atoms with E-state index < -0.39 is 16.9 Å². The fourth-order valence-electron chi connectivity index (χ4n) is 4.00. The van der Waals surface area contributed by atoms with Gasteiger partial charge in [-0.1, -0.05) is 6.07 Å². The van der Waals surface area contributed by atoms with Crippen molar-refractivity contribution in [2.24, 2.45) is 0 Å². The molecule has 0 bridgehead atoms. The van der Waals surface area contributed by atoms with E-state index in [2.05, 4.69) is 19.9 Å². The molecule has 11 heteroatoms. The zero-order valence-electron chi connectivity index (χ0n) is 19.9. The van der Waals surface area contributed by atoms with E-state index in [1.165, 1.54) is 6.07 Å². The summed E-state index contributed by atoms with van der Waals surface area (Å²) in [7, 11) is 0. The summed E-state index contributed by atoms with van der Waals surface area (Å²) in [6.07, 6.45) is 0. The number of nitrogens with zero attached hydrogens (tertiary/aromatic N) is 3. The molecular formula is C26H21N5O6. The highest BCUT2D eigenvalue weighted by Gasteiger charge is 2.21. The predicted molar refractivity (Wildman–Crippen MR) is 135 cm³/mol. The summed E-state index contributed by atoms with van der Waals surface area (Å²) in [5, 5.41) is 12.0. The van der Waals surface area contributed by atoms with Crippen molar-refractivity contribution in [2.75, 3.05) is 13.2 Å². The number of nitro benzene ring substituents is 1. The molecule has 186 valence electrons. The number of esters is 2. The van der Waals surface area contributed by atoms with E-state index in [1.54, 1.807) is 62.4 Å². The van der Waals surface area contributed by atoms with Crippen LogP contribution in [0.4, 0.5) is 5.69 Å². The fraction of sp³-hybridized carbons (Fsp3) is 0.154.